The van der Waals surface area contributed by atoms with Crippen LogP contribution in [0, 0.1) is 0 Å². The molecule has 2 rings (SSSR count). The standard InChI is InChI=1S/C18H24N2O4/c1-4-13-6-8-14(9-7-13)16-15(12(3)19-18(22)20-16)17(21)24-11-10-23-5-2/h6-9,16H,4-5,10-11H2,1-3H3,(H2,19,20,22). The molecule has 2 N–H and O–H groups in total. The van der Waals surface area contributed by atoms with Crippen LogP contribution in [0.5, 0.6) is 0 Å². The molecule has 1 aromatic rings. The number of carbonyl (C=O) groups is 2. The number of allylic oxidation sites excluding steroid dienone is 1. The molecule has 130 valence electrons. The fraction of sp³-hybridized carbons (Fsp3) is 0.444. The molecule has 1 aliphatic heterocycles. The zero-order valence-corrected chi connectivity index (χ0v) is 14.3. The average molecular weight is 332 g/mol. The molecular formula is C18H24N2O4. The number of benzene rings is 1. The molecule has 1 atom stereocenters. The average Bonchev–Trinajstić information content (AvgIpc) is 2.58. The van der Waals surface area contributed by atoms with Gasteiger partial charge in [0.05, 0.1) is 18.2 Å². The highest BCUT2D eigenvalue weighted by Crippen LogP contribution is 2.27. The Kier molecular flexibility index (Phi) is 6.37. The Balaban J connectivity index is 2.21. The van der Waals surface area contributed by atoms with Gasteiger partial charge in [0, 0.05) is 12.3 Å². The maximum Gasteiger partial charge on any atom is 0.338 e. The second kappa shape index (κ2) is 8.49. The molecule has 0 aromatic heterocycles. The molecule has 6 heteroatoms. The van der Waals surface area contributed by atoms with Gasteiger partial charge in [-0.25, -0.2) is 9.59 Å². The summed E-state index contributed by atoms with van der Waals surface area (Å²) >= 11 is 0. The number of amides is 2. The predicted octanol–water partition coefficient (Wildman–Crippen LogP) is 2.46. The number of urea groups is 1. The van der Waals surface area contributed by atoms with Crippen molar-refractivity contribution in [2.45, 2.75) is 33.2 Å². The first-order valence-corrected chi connectivity index (χ1v) is 8.18. The summed E-state index contributed by atoms with van der Waals surface area (Å²) in [5, 5.41) is 5.42. The van der Waals surface area contributed by atoms with Crippen LogP contribution in [-0.4, -0.2) is 31.8 Å². The van der Waals surface area contributed by atoms with Crippen LogP contribution in [0.25, 0.3) is 0 Å². The minimum atomic E-state index is -0.524. The molecule has 1 aliphatic rings. The first-order chi connectivity index (χ1) is 11.6. The zero-order valence-electron chi connectivity index (χ0n) is 14.3. The number of carbonyl (C=O) groups excluding carboxylic acids is 2. The van der Waals surface area contributed by atoms with Gasteiger partial charge in [-0.15, -0.1) is 0 Å². The molecule has 0 saturated carbocycles. The number of hydrogen-bond acceptors (Lipinski definition) is 4. The summed E-state index contributed by atoms with van der Waals surface area (Å²) < 4.78 is 10.4. The Bertz CT molecular complexity index is 622. The summed E-state index contributed by atoms with van der Waals surface area (Å²) in [5.74, 6) is -0.454. The van der Waals surface area contributed by atoms with E-state index >= 15 is 0 Å². The summed E-state index contributed by atoms with van der Waals surface area (Å²) in [4.78, 5) is 24.3. The van der Waals surface area contributed by atoms with E-state index in [4.69, 9.17) is 9.47 Å². The van der Waals surface area contributed by atoms with Gasteiger partial charge in [0.15, 0.2) is 0 Å². The summed E-state index contributed by atoms with van der Waals surface area (Å²) in [7, 11) is 0. The minimum Gasteiger partial charge on any atom is -0.460 e. The van der Waals surface area contributed by atoms with E-state index in [0.717, 1.165) is 12.0 Å². The fourth-order valence-corrected chi connectivity index (χ4v) is 2.58. The normalized spacial score (nSPS) is 17.3. The molecule has 0 saturated heterocycles. The maximum atomic E-state index is 12.5. The molecule has 1 unspecified atom stereocenters. The third-order valence-electron chi connectivity index (χ3n) is 3.88. The van der Waals surface area contributed by atoms with Crippen LogP contribution in [0.1, 0.15) is 37.9 Å². The highest BCUT2D eigenvalue weighted by molar-refractivity contribution is 5.95. The smallest absolute Gasteiger partial charge is 0.338 e. The number of ether oxygens (including phenoxy) is 2. The van der Waals surface area contributed by atoms with E-state index in [1.54, 1.807) is 6.92 Å². The second-order valence-corrected chi connectivity index (χ2v) is 5.50. The molecule has 0 fully saturated rings. The third-order valence-corrected chi connectivity index (χ3v) is 3.88. The Hall–Kier alpha value is -2.34. The van der Waals surface area contributed by atoms with Crippen LogP contribution in [0.4, 0.5) is 4.79 Å². The van der Waals surface area contributed by atoms with Crippen LogP contribution in [-0.2, 0) is 20.7 Å². The van der Waals surface area contributed by atoms with Crippen molar-refractivity contribution in [2.24, 2.45) is 0 Å². The first kappa shape index (κ1) is 18.0. The van der Waals surface area contributed by atoms with E-state index < -0.39 is 12.0 Å². The van der Waals surface area contributed by atoms with E-state index in [1.807, 2.05) is 31.2 Å². The van der Waals surface area contributed by atoms with E-state index in [1.165, 1.54) is 5.56 Å². The highest BCUT2D eigenvalue weighted by atomic mass is 16.6. The van der Waals surface area contributed by atoms with Crippen LogP contribution in [0.2, 0.25) is 0 Å². The summed E-state index contributed by atoms with van der Waals surface area (Å²) in [6, 6.07) is 6.99. The first-order valence-electron chi connectivity index (χ1n) is 8.18. The lowest BCUT2D eigenvalue weighted by molar-refractivity contribution is -0.141. The monoisotopic (exact) mass is 332 g/mol. The van der Waals surface area contributed by atoms with Crippen LogP contribution in [0.3, 0.4) is 0 Å². The van der Waals surface area contributed by atoms with Crippen LogP contribution < -0.4 is 10.6 Å². The van der Waals surface area contributed by atoms with Gasteiger partial charge in [-0.05, 0) is 31.4 Å². The molecule has 24 heavy (non-hydrogen) atoms. The van der Waals surface area contributed by atoms with Crippen molar-refractivity contribution in [1.29, 1.82) is 0 Å². The summed E-state index contributed by atoms with van der Waals surface area (Å²) in [6.45, 7) is 6.76. The number of esters is 1. The van der Waals surface area contributed by atoms with Crippen molar-refractivity contribution in [1.82, 2.24) is 10.6 Å². The van der Waals surface area contributed by atoms with Crippen molar-refractivity contribution >= 4 is 12.0 Å². The topological polar surface area (TPSA) is 76.7 Å². The van der Waals surface area contributed by atoms with E-state index in [9.17, 15) is 9.59 Å². The molecule has 2 amide bonds. The minimum absolute atomic E-state index is 0.179. The van der Waals surface area contributed by atoms with Crippen molar-refractivity contribution in [2.75, 3.05) is 19.8 Å². The van der Waals surface area contributed by atoms with Gasteiger partial charge in [0.2, 0.25) is 0 Å². The molecule has 0 radical (unpaired) electrons. The van der Waals surface area contributed by atoms with Gasteiger partial charge in [-0.1, -0.05) is 31.2 Å². The van der Waals surface area contributed by atoms with Crippen LogP contribution in [0.15, 0.2) is 35.5 Å². The van der Waals surface area contributed by atoms with Gasteiger partial charge in [0.1, 0.15) is 6.61 Å². The summed E-state index contributed by atoms with van der Waals surface area (Å²) in [5.41, 5.74) is 2.96. The second-order valence-electron chi connectivity index (χ2n) is 5.50. The van der Waals surface area contributed by atoms with Crippen molar-refractivity contribution in [3.63, 3.8) is 0 Å². The van der Waals surface area contributed by atoms with E-state index in [0.29, 0.717) is 24.5 Å². The summed E-state index contributed by atoms with van der Waals surface area (Å²) in [6.07, 6.45) is 0.931. The Morgan fingerprint density at radius 3 is 2.50 bits per heavy atom. The van der Waals surface area contributed by atoms with Gasteiger partial charge in [-0.2, -0.15) is 0 Å². The maximum absolute atomic E-state index is 12.5. The lowest BCUT2D eigenvalue weighted by Gasteiger charge is -2.28. The molecule has 0 spiro atoms. The van der Waals surface area contributed by atoms with Gasteiger partial charge < -0.3 is 20.1 Å². The van der Waals surface area contributed by atoms with Gasteiger partial charge in [-0.3, -0.25) is 0 Å². The number of nitrogens with one attached hydrogen (secondary N) is 2. The zero-order chi connectivity index (χ0) is 17.5. The Morgan fingerprint density at radius 2 is 1.88 bits per heavy atom. The van der Waals surface area contributed by atoms with Crippen molar-refractivity contribution < 1.29 is 19.1 Å². The number of hydrogen-bond donors (Lipinski definition) is 2. The number of rotatable bonds is 7. The van der Waals surface area contributed by atoms with Crippen LogP contribution >= 0.6 is 0 Å². The molecule has 0 bridgehead atoms. The predicted molar refractivity (Wildman–Crippen MR) is 90.4 cm³/mol. The number of aryl methyl sites for hydroxylation is 1. The molecule has 1 heterocycles. The molecular weight excluding hydrogens is 308 g/mol. The largest absolute Gasteiger partial charge is 0.460 e. The molecule has 0 aliphatic carbocycles. The Labute approximate surface area is 142 Å². The lowest BCUT2D eigenvalue weighted by Crippen LogP contribution is -2.45. The third kappa shape index (κ3) is 4.35. The SMILES string of the molecule is CCOCCOC(=O)C1=C(C)NC(=O)NC1c1ccc(CC)cc1. The Morgan fingerprint density at radius 1 is 1.17 bits per heavy atom. The fourth-order valence-electron chi connectivity index (χ4n) is 2.58. The van der Waals surface area contributed by atoms with E-state index in [2.05, 4.69) is 17.6 Å². The van der Waals surface area contributed by atoms with Gasteiger partial charge >= 0.3 is 12.0 Å². The van der Waals surface area contributed by atoms with Crippen molar-refractivity contribution in [3.05, 3.63) is 46.7 Å². The molecule has 1 aromatic carbocycles. The van der Waals surface area contributed by atoms with Crippen molar-refractivity contribution in [3.8, 4) is 0 Å². The molecule has 6 nitrogen and oxygen atoms in total. The highest BCUT2D eigenvalue weighted by Gasteiger charge is 2.32. The van der Waals surface area contributed by atoms with E-state index in [-0.39, 0.29) is 12.6 Å². The quantitative estimate of drug-likeness (QED) is 0.594. The lowest BCUT2D eigenvalue weighted by atomic mass is 9.94. The van der Waals surface area contributed by atoms with Gasteiger partial charge in [0.25, 0.3) is 0 Å².